The van der Waals surface area contributed by atoms with Crippen LogP contribution in [-0.2, 0) is 33.3 Å². The SMILES string of the molecule is [C-]#[N+]C(C#N)C1C2CC3C(C)(C)OC(C/C=C(/C)C(=O)OC)(C2=O)C32OC3=C(CC=C(C)C)C4=C(C=CC(C)(CCC=C(C)C)O4)C4OCN=C(C34)C12. The van der Waals surface area contributed by atoms with Crippen molar-refractivity contribution in [3.63, 3.8) is 0 Å². The summed E-state index contributed by atoms with van der Waals surface area (Å²) in [7, 11) is 1.33. The summed E-state index contributed by atoms with van der Waals surface area (Å²) in [6, 6.07) is 1.16. The predicted octanol–water partition coefficient (Wildman–Crippen LogP) is 7.46. The molecular weight excluding hydrogens is 670 g/mol. The van der Waals surface area contributed by atoms with Crippen LogP contribution in [0.25, 0.3) is 4.85 Å². The van der Waals surface area contributed by atoms with Crippen molar-refractivity contribution in [1.82, 2.24) is 0 Å². The van der Waals surface area contributed by atoms with E-state index < -0.39 is 64.2 Å². The molecule has 4 bridgehead atoms. The maximum Gasteiger partial charge on any atom is 0.333 e. The molecule has 8 aliphatic rings. The lowest BCUT2D eigenvalue weighted by molar-refractivity contribution is -0.232. The number of allylic oxidation sites excluding steroid dienone is 5. The second-order valence-corrected chi connectivity index (χ2v) is 17.0. The number of hydrogen-bond donors (Lipinski definition) is 0. The highest BCUT2D eigenvalue weighted by Gasteiger charge is 2.87. The van der Waals surface area contributed by atoms with Crippen LogP contribution in [0.15, 0.2) is 74.8 Å². The van der Waals surface area contributed by atoms with Crippen molar-refractivity contribution in [2.45, 2.75) is 122 Å². The molecule has 5 fully saturated rings. The Labute approximate surface area is 313 Å². The van der Waals surface area contributed by atoms with E-state index in [1.54, 1.807) is 13.0 Å². The number of hydrogen-bond acceptors (Lipinski definition) is 9. The lowest BCUT2D eigenvalue weighted by Gasteiger charge is -2.65. The van der Waals surface area contributed by atoms with E-state index in [-0.39, 0.29) is 24.9 Å². The fourth-order valence-electron chi connectivity index (χ4n) is 10.5. The Balaban J connectivity index is 1.48. The van der Waals surface area contributed by atoms with Crippen LogP contribution in [-0.4, -0.2) is 65.9 Å². The van der Waals surface area contributed by atoms with Gasteiger partial charge in [-0.15, -0.1) is 0 Å². The summed E-state index contributed by atoms with van der Waals surface area (Å²) >= 11 is 0. The van der Waals surface area contributed by atoms with Crippen LogP contribution >= 0.6 is 0 Å². The first-order chi connectivity index (χ1) is 25.1. The molecule has 1 spiro atoms. The number of nitriles is 1. The number of aliphatic imine (C=N–C) groups is 1. The van der Waals surface area contributed by atoms with Crippen molar-refractivity contribution in [2.24, 2.45) is 34.6 Å². The summed E-state index contributed by atoms with van der Waals surface area (Å²) in [6.45, 7) is 24.3. The summed E-state index contributed by atoms with van der Waals surface area (Å²) in [6.07, 6.45) is 12.5. The number of ether oxygens (including phenoxy) is 5. The first kappa shape index (κ1) is 37.1. The van der Waals surface area contributed by atoms with E-state index in [4.69, 9.17) is 35.2 Å². The smallest absolute Gasteiger partial charge is 0.333 e. The van der Waals surface area contributed by atoms with E-state index in [0.717, 1.165) is 41.0 Å². The van der Waals surface area contributed by atoms with Crippen molar-refractivity contribution >= 4 is 17.5 Å². The first-order valence-corrected chi connectivity index (χ1v) is 18.8. The van der Waals surface area contributed by atoms with Crippen LogP contribution in [0.2, 0.25) is 0 Å². The number of esters is 1. The first-order valence-electron chi connectivity index (χ1n) is 18.8. The second kappa shape index (κ2) is 13.0. The molecule has 0 N–H and O–H groups in total. The minimum Gasteiger partial charge on any atom is -0.486 e. The van der Waals surface area contributed by atoms with Gasteiger partial charge in [-0.2, -0.15) is 5.26 Å². The number of carbonyl (C=O) groups excluding carboxylic acids is 2. The van der Waals surface area contributed by atoms with Gasteiger partial charge in [0.25, 0.3) is 0 Å². The third kappa shape index (κ3) is 5.34. The highest BCUT2D eigenvalue weighted by Crippen LogP contribution is 2.73. The number of Topliss-reactive ketones (excluding diaryl/α,β-unsaturated/α-hetero) is 1. The monoisotopic (exact) mass is 721 g/mol. The molecule has 4 heterocycles. The van der Waals surface area contributed by atoms with Crippen LogP contribution in [0.4, 0.5) is 0 Å². The predicted molar refractivity (Wildman–Crippen MR) is 198 cm³/mol. The Morgan fingerprint density at radius 2 is 1.89 bits per heavy atom. The quantitative estimate of drug-likeness (QED) is 0.104. The largest absolute Gasteiger partial charge is 0.486 e. The molecule has 4 aliphatic heterocycles. The average molecular weight is 722 g/mol. The fraction of sp³-hybridized carbons (Fsp3) is 0.605. The third-order valence-corrected chi connectivity index (χ3v) is 12.8. The molecule has 0 aromatic carbocycles. The van der Waals surface area contributed by atoms with Crippen LogP contribution in [0.3, 0.4) is 0 Å². The Kier molecular flexibility index (Phi) is 9.06. The Morgan fingerprint density at radius 1 is 1.15 bits per heavy atom. The molecular formula is C43H51N3O7. The molecule has 3 saturated carbocycles. The summed E-state index contributed by atoms with van der Waals surface area (Å²) in [4.78, 5) is 36.8. The minimum absolute atomic E-state index is 0.0612. The minimum atomic E-state index is -1.53. The van der Waals surface area contributed by atoms with Crippen molar-refractivity contribution in [3.8, 4) is 6.07 Å². The highest BCUT2D eigenvalue weighted by molar-refractivity contribution is 6.03. The molecule has 53 heavy (non-hydrogen) atoms. The van der Waals surface area contributed by atoms with E-state index >= 15 is 4.79 Å². The molecule has 0 amide bonds. The number of carbonyl (C=O) groups is 2. The molecule has 10 unspecified atom stereocenters. The fourth-order valence-corrected chi connectivity index (χ4v) is 10.5. The maximum atomic E-state index is 15.2. The summed E-state index contributed by atoms with van der Waals surface area (Å²) in [5.41, 5.74) is 1.05. The van der Waals surface area contributed by atoms with E-state index in [2.05, 4.69) is 69.8 Å². The Hall–Kier alpha value is -4.25. The van der Waals surface area contributed by atoms with Gasteiger partial charge < -0.3 is 23.7 Å². The normalized spacial score (nSPS) is 37.5. The van der Waals surface area contributed by atoms with Crippen molar-refractivity contribution in [1.29, 1.82) is 5.26 Å². The third-order valence-electron chi connectivity index (χ3n) is 12.8. The number of fused-ring (bicyclic) bond motifs is 1. The van der Waals surface area contributed by atoms with Gasteiger partial charge in [-0.1, -0.05) is 35.5 Å². The molecule has 2 saturated heterocycles. The van der Waals surface area contributed by atoms with Crippen LogP contribution < -0.4 is 0 Å². The van der Waals surface area contributed by atoms with Gasteiger partial charge in [0.1, 0.15) is 30.0 Å². The lowest BCUT2D eigenvalue weighted by atomic mass is 9.41. The molecule has 10 heteroatoms. The van der Waals surface area contributed by atoms with Crippen molar-refractivity contribution in [2.75, 3.05) is 13.8 Å². The van der Waals surface area contributed by atoms with Gasteiger partial charge in [0.05, 0.1) is 30.5 Å². The van der Waals surface area contributed by atoms with Gasteiger partial charge in [0, 0.05) is 40.7 Å². The zero-order chi connectivity index (χ0) is 38.2. The van der Waals surface area contributed by atoms with E-state index in [9.17, 15) is 10.1 Å². The average Bonchev–Trinajstić information content (AvgIpc) is 3.26. The summed E-state index contributed by atoms with van der Waals surface area (Å²) in [5, 5.41) is 10.5. The molecule has 10 nitrogen and oxygen atoms in total. The number of rotatable bonds is 9. The Bertz CT molecular complexity index is 1930. The lowest BCUT2D eigenvalue weighted by Crippen LogP contribution is -2.80. The number of methoxy groups -OCH3 is 1. The molecule has 8 rings (SSSR count). The van der Waals surface area contributed by atoms with Crippen molar-refractivity contribution in [3.05, 3.63) is 81.2 Å². The summed E-state index contributed by atoms with van der Waals surface area (Å²) < 4.78 is 33.4. The topological polar surface area (TPSA) is 121 Å². The van der Waals surface area contributed by atoms with Gasteiger partial charge in [0.2, 0.25) is 0 Å². The van der Waals surface area contributed by atoms with E-state index in [1.807, 2.05) is 13.8 Å². The van der Waals surface area contributed by atoms with Gasteiger partial charge in [-0.25, -0.2) is 11.4 Å². The maximum absolute atomic E-state index is 15.2. The van der Waals surface area contributed by atoms with Crippen molar-refractivity contribution < 1.29 is 33.3 Å². The molecule has 10 atom stereocenters. The van der Waals surface area contributed by atoms with E-state index in [0.29, 0.717) is 24.2 Å². The van der Waals surface area contributed by atoms with Gasteiger partial charge in [-0.05, 0) is 87.1 Å². The zero-order valence-electron chi connectivity index (χ0n) is 32.4. The second-order valence-electron chi connectivity index (χ2n) is 17.0. The van der Waals surface area contributed by atoms with Gasteiger partial charge >= 0.3 is 12.0 Å². The number of ketones is 1. The highest BCUT2D eigenvalue weighted by atomic mass is 16.6. The molecule has 4 aliphatic carbocycles. The van der Waals surface area contributed by atoms with Gasteiger partial charge in [0.15, 0.2) is 23.1 Å². The molecule has 0 aromatic heterocycles. The van der Waals surface area contributed by atoms with Crippen LogP contribution in [0, 0.1) is 47.5 Å². The van der Waals surface area contributed by atoms with Crippen LogP contribution in [0.5, 0.6) is 0 Å². The molecule has 0 radical (unpaired) electrons. The number of nitrogens with zero attached hydrogens (tertiary/aromatic N) is 3. The molecule has 280 valence electrons. The van der Waals surface area contributed by atoms with Gasteiger partial charge in [-0.3, -0.25) is 14.6 Å². The van der Waals surface area contributed by atoms with Crippen LogP contribution in [0.1, 0.15) is 87.5 Å². The Morgan fingerprint density at radius 3 is 2.55 bits per heavy atom. The standard InChI is InChI=1S/C43H51N3O7/c1-23(2)12-11-17-41(8)18-16-27-35(51-41)26(14-13-24(3)4)37-32-34(46-22-50-36(27)32)33-31(29(21-44)45-9)28-20-30-40(6,7)53-42(38(28)47,43(30,33)52-37)19-15-25(5)39(48)49-10/h12-13,15-16,18,28-33,36H,11,14,17,19-20,22H2,1-8,10H3/b25-15-. The summed E-state index contributed by atoms with van der Waals surface area (Å²) in [5.74, 6) is -1.95. The van der Waals surface area contributed by atoms with E-state index in [1.165, 1.54) is 12.7 Å². The zero-order valence-corrected chi connectivity index (χ0v) is 32.4. The molecule has 0 aromatic rings.